The summed E-state index contributed by atoms with van der Waals surface area (Å²) in [4.78, 5) is 6.83. The molecule has 166 valence electrons. The maximum atomic E-state index is 10.5. The number of phenolic OH excluding ortho intramolecular Hbond substituents is 1. The van der Waals surface area contributed by atoms with Crippen molar-refractivity contribution in [2.45, 2.75) is 32.9 Å². The number of pyridine rings is 1. The minimum absolute atomic E-state index is 0.0964. The highest BCUT2D eigenvalue weighted by Crippen LogP contribution is 2.44. The maximum Gasteiger partial charge on any atom is 0.174 e. The zero-order chi connectivity index (χ0) is 23.1. The van der Waals surface area contributed by atoms with Gasteiger partial charge in [-0.1, -0.05) is 35.9 Å². The molecule has 0 spiro atoms. The minimum atomic E-state index is -0.113. The number of aryl methyl sites for hydroxylation is 2. The van der Waals surface area contributed by atoms with Crippen molar-refractivity contribution in [2.75, 3.05) is 4.90 Å². The Morgan fingerprint density at radius 1 is 0.939 bits per heavy atom. The van der Waals surface area contributed by atoms with Crippen LogP contribution in [0.5, 0.6) is 5.75 Å². The van der Waals surface area contributed by atoms with Crippen molar-refractivity contribution >= 4 is 23.0 Å². The van der Waals surface area contributed by atoms with E-state index in [1.165, 1.54) is 5.56 Å². The molecular weight excluding hydrogens is 428 g/mol. The number of aromatic nitrogens is 2. The quantitative estimate of drug-likeness (QED) is 0.389. The summed E-state index contributed by atoms with van der Waals surface area (Å²) >= 11 is 5.85. The van der Waals surface area contributed by atoms with E-state index in [0.29, 0.717) is 5.11 Å². The second-order valence-corrected chi connectivity index (χ2v) is 8.87. The number of aromatic hydroxyl groups is 1. The molecule has 33 heavy (non-hydrogen) atoms. The SMILES string of the molecule is Cc1ccc(N2C(=S)N[C@@H](c3ccccn3)[C@H]2c2cc(C)n(-c3ccccc3O)c2C)cc1. The third-order valence-electron chi connectivity index (χ3n) is 6.32. The van der Waals surface area contributed by atoms with Crippen LogP contribution in [0.3, 0.4) is 0 Å². The standard InChI is InChI=1S/C27H26N4OS/c1-17-11-13-20(14-12-17)31-26(25(29-27(31)33)22-8-6-7-15-28-22)21-16-18(2)30(19(21)3)23-9-4-5-10-24(23)32/h4-16,25-26,32H,1-3H3,(H,29,33)/t25-,26+/m0/s1. The third kappa shape index (κ3) is 3.66. The molecule has 3 heterocycles. The van der Waals surface area contributed by atoms with Gasteiger partial charge in [-0.25, -0.2) is 0 Å². The van der Waals surface area contributed by atoms with Crippen LogP contribution < -0.4 is 10.2 Å². The van der Waals surface area contributed by atoms with Crippen molar-refractivity contribution in [1.82, 2.24) is 14.9 Å². The number of phenols is 1. The van der Waals surface area contributed by atoms with Crippen molar-refractivity contribution in [3.8, 4) is 11.4 Å². The topological polar surface area (TPSA) is 53.3 Å². The maximum absolute atomic E-state index is 10.5. The summed E-state index contributed by atoms with van der Waals surface area (Å²) in [6.07, 6.45) is 1.82. The van der Waals surface area contributed by atoms with Gasteiger partial charge < -0.3 is 19.9 Å². The van der Waals surface area contributed by atoms with Gasteiger partial charge in [0.05, 0.1) is 23.5 Å². The van der Waals surface area contributed by atoms with E-state index in [-0.39, 0.29) is 17.8 Å². The van der Waals surface area contributed by atoms with Gasteiger partial charge in [-0.05, 0) is 81.0 Å². The van der Waals surface area contributed by atoms with Gasteiger partial charge in [-0.3, -0.25) is 4.98 Å². The molecular formula is C27H26N4OS. The largest absolute Gasteiger partial charge is 0.506 e. The fraction of sp³-hybridized carbons (Fsp3) is 0.185. The Hall–Kier alpha value is -3.64. The lowest BCUT2D eigenvalue weighted by molar-refractivity contribution is 0.471. The van der Waals surface area contributed by atoms with Gasteiger partial charge in [0, 0.05) is 23.3 Å². The molecule has 1 aliphatic rings. The van der Waals surface area contributed by atoms with Gasteiger partial charge in [0.15, 0.2) is 5.11 Å². The number of benzene rings is 2. The first-order chi connectivity index (χ1) is 16.0. The van der Waals surface area contributed by atoms with Crippen LogP contribution in [0.25, 0.3) is 5.69 Å². The summed E-state index contributed by atoms with van der Waals surface area (Å²) in [6, 6.07) is 23.8. The van der Waals surface area contributed by atoms with Crippen molar-refractivity contribution < 1.29 is 5.11 Å². The lowest BCUT2D eigenvalue weighted by Crippen LogP contribution is -2.29. The average Bonchev–Trinajstić information content (AvgIpc) is 3.31. The molecule has 0 saturated carbocycles. The van der Waals surface area contributed by atoms with Crippen LogP contribution in [0.1, 0.15) is 40.3 Å². The Kier molecular flexibility index (Phi) is 5.38. The van der Waals surface area contributed by atoms with E-state index in [1.807, 2.05) is 42.6 Å². The lowest BCUT2D eigenvalue weighted by Gasteiger charge is -2.28. The van der Waals surface area contributed by atoms with Gasteiger partial charge >= 0.3 is 0 Å². The average molecular weight is 455 g/mol. The molecule has 0 aliphatic carbocycles. The fourth-order valence-electron chi connectivity index (χ4n) is 4.77. The summed E-state index contributed by atoms with van der Waals surface area (Å²) in [7, 11) is 0. The third-order valence-corrected chi connectivity index (χ3v) is 6.64. The normalized spacial score (nSPS) is 17.9. The van der Waals surface area contributed by atoms with E-state index in [1.54, 1.807) is 6.07 Å². The van der Waals surface area contributed by atoms with Crippen LogP contribution in [0.4, 0.5) is 5.69 Å². The van der Waals surface area contributed by atoms with Crippen molar-refractivity contribution in [2.24, 2.45) is 0 Å². The minimum Gasteiger partial charge on any atom is -0.506 e. The Morgan fingerprint density at radius 3 is 2.36 bits per heavy atom. The first kappa shape index (κ1) is 21.2. The number of rotatable bonds is 4. The fourth-order valence-corrected chi connectivity index (χ4v) is 5.11. The number of hydrogen-bond acceptors (Lipinski definition) is 3. The van der Waals surface area contributed by atoms with E-state index < -0.39 is 0 Å². The molecule has 2 atom stereocenters. The number of nitrogens with zero attached hydrogens (tertiary/aromatic N) is 3. The lowest BCUT2D eigenvalue weighted by atomic mass is 9.96. The Morgan fingerprint density at radius 2 is 1.67 bits per heavy atom. The van der Waals surface area contributed by atoms with Crippen LogP contribution in [0, 0.1) is 20.8 Å². The number of thiocarbonyl (C=S) groups is 1. The molecule has 1 fully saturated rings. The molecule has 5 rings (SSSR count). The molecule has 4 aromatic rings. The van der Waals surface area contributed by atoms with E-state index in [0.717, 1.165) is 34.0 Å². The molecule has 0 radical (unpaired) electrons. The monoisotopic (exact) mass is 454 g/mol. The Balaban J connectivity index is 1.69. The van der Waals surface area contributed by atoms with Gasteiger partial charge in [0.25, 0.3) is 0 Å². The van der Waals surface area contributed by atoms with Gasteiger partial charge in [-0.15, -0.1) is 0 Å². The zero-order valence-corrected chi connectivity index (χ0v) is 19.7. The molecule has 2 N–H and O–H groups in total. The zero-order valence-electron chi connectivity index (χ0n) is 18.9. The summed E-state index contributed by atoms with van der Waals surface area (Å²) in [5.74, 6) is 0.252. The first-order valence-corrected chi connectivity index (χ1v) is 11.4. The van der Waals surface area contributed by atoms with Gasteiger partial charge in [-0.2, -0.15) is 0 Å². The number of anilines is 1. The van der Waals surface area contributed by atoms with Crippen molar-refractivity contribution in [3.63, 3.8) is 0 Å². The molecule has 0 bridgehead atoms. The molecule has 2 aromatic carbocycles. The predicted octanol–water partition coefficient (Wildman–Crippen LogP) is 5.68. The molecule has 6 heteroatoms. The highest BCUT2D eigenvalue weighted by atomic mass is 32.1. The molecule has 5 nitrogen and oxygen atoms in total. The van der Waals surface area contributed by atoms with Crippen molar-refractivity contribution in [3.05, 3.63) is 107 Å². The van der Waals surface area contributed by atoms with Crippen molar-refractivity contribution in [1.29, 1.82) is 0 Å². The van der Waals surface area contributed by atoms with Gasteiger partial charge in [0.2, 0.25) is 0 Å². The summed E-state index contributed by atoms with van der Waals surface area (Å²) in [5.41, 5.74) is 7.19. The van der Waals surface area contributed by atoms with E-state index in [2.05, 4.69) is 70.9 Å². The van der Waals surface area contributed by atoms with Crippen LogP contribution in [-0.2, 0) is 0 Å². The highest BCUT2D eigenvalue weighted by molar-refractivity contribution is 7.80. The van der Waals surface area contributed by atoms with E-state index in [9.17, 15) is 5.11 Å². The molecule has 1 aliphatic heterocycles. The summed E-state index contributed by atoms with van der Waals surface area (Å²) in [6.45, 7) is 6.24. The first-order valence-electron chi connectivity index (χ1n) is 11.0. The summed E-state index contributed by atoms with van der Waals surface area (Å²) in [5, 5.41) is 14.7. The number of hydrogen-bond donors (Lipinski definition) is 2. The Labute approximate surface area is 199 Å². The number of nitrogens with one attached hydrogen (secondary N) is 1. The molecule has 1 saturated heterocycles. The second kappa shape index (κ2) is 8.37. The highest BCUT2D eigenvalue weighted by Gasteiger charge is 2.42. The Bertz CT molecular complexity index is 1310. The predicted molar refractivity (Wildman–Crippen MR) is 136 cm³/mol. The summed E-state index contributed by atoms with van der Waals surface area (Å²) < 4.78 is 2.11. The van der Waals surface area contributed by atoms with Crippen LogP contribution in [0.2, 0.25) is 0 Å². The molecule has 0 unspecified atom stereocenters. The van der Waals surface area contributed by atoms with E-state index >= 15 is 0 Å². The molecule has 0 amide bonds. The molecule has 2 aromatic heterocycles. The van der Waals surface area contributed by atoms with Crippen LogP contribution in [-0.4, -0.2) is 19.8 Å². The van der Waals surface area contributed by atoms with Crippen LogP contribution in [0.15, 0.2) is 79.0 Å². The van der Waals surface area contributed by atoms with E-state index in [4.69, 9.17) is 12.2 Å². The smallest absolute Gasteiger partial charge is 0.174 e. The van der Waals surface area contributed by atoms with Gasteiger partial charge in [0.1, 0.15) is 5.75 Å². The number of para-hydroxylation sites is 2. The van der Waals surface area contributed by atoms with Crippen LogP contribution >= 0.6 is 12.2 Å². The second-order valence-electron chi connectivity index (χ2n) is 8.48.